The van der Waals surface area contributed by atoms with Gasteiger partial charge in [0.1, 0.15) is 0 Å². The fourth-order valence-corrected chi connectivity index (χ4v) is 1.98. The van der Waals surface area contributed by atoms with E-state index in [0.717, 1.165) is 0 Å². The molecule has 0 aliphatic carbocycles. The lowest BCUT2D eigenvalue weighted by Gasteiger charge is -2.23. The van der Waals surface area contributed by atoms with Crippen LogP contribution in [0.1, 0.15) is 13.3 Å². The van der Waals surface area contributed by atoms with Gasteiger partial charge in [-0.3, -0.25) is 4.79 Å². The topological polar surface area (TPSA) is 68.8 Å². The third-order valence-electron chi connectivity index (χ3n) is 2.98. The first-order valence-corrected chi connectivity index (χ1v) is 5.74. The molecule has 3 unspecified atom stereocenters. The van der Waals surface area contributed by atoms with Crippen molar-refractivity contribution in [1.29, 1.82) is 0 Å². The SMILES string of the molecule is COC1CNC(C(=O)NC(C)C(OC)OC)C1. The van der Waals surface area contributed by atoms with Gasteiger partial charge >= 0.3 is 0 Å². The van der Waals surface area contributed by atoms with E-state index in [2.05, 4.69) is 10.6 Å². The fourth-order valence-electron chi connectivity index (χ4n) is 1.98. The number of methoxy groups -OCH3 is 3. The number of nitrogens with one attached hydrogen (secondary N) is 2. The van der Waals surface area contributed by atoms with E-state index in [9.17, 15) is 4.79 Å². The van der Waals surface area contributed by atoms with E-state index in [4.69, 9.17) is 14.2 Å². The summed E-state index contributed by atoms with van der Waals surface area (Å²) in [5.41, 5.74) is 0. The minimum Gasteiger partial charge on any atom is -0.380 e. The van der Waals surface area contributed by atoms with Crippen LogP contribution in [0.15, 0.2) is 0 Å². The van der Waals surface area contributed by atoms with Crippen molar-refractivity contribution < 1.29 is 19.0 Å². The standard InChI is InChI=1S/C11H22N2O4/c1-7(11(16-3)17-4)13-10(14)9-5-8(15-2)6-12-9/h7-9,11-12H,5-6H2,1-4H3,(H,13,14). The Hall–Kier alpha value is -0.690. The van der Waals surface area contributed by atoms with Crippen LogP contribution in [-0.4, -0.2) is 58.3 Å². The van der Waals surface area contributed by atoms with Crippen molar-refractivity contribution in [1.82, 2.24) is 10.6 Å². The van der Waals surface area contributed by atoms with Gasteiger partial charge in [-0.15, -0.1) is 0 Å². The van der Waals surface area contributed by atoms with Gasteiger partial charge in [-0.05, 0) is 13.3 Å². The van der Waals surface area contributed by atoms with Crippen molar-refractivity contribution in [2.24, 2.45) is 0 Å². The van der Waals surface area contributed by atoms with Gasteiger partial charge in [-0.2, -0.15) is 0 Å². The number of hydrogen-bond donors (Lipinski definition) is 2. The molecular weight excluding hydrogens is 224 g/mol. The zero-order valence-corrected chi connectivity index (χ0v) is 10.9. The van der Waals surface area contributed by atoms with Crippen LogP contribution in [0.25, 0.3) is 0 Å². The van der Waals surface area contributed by atoms with E-state index < -0.39 is 6.29 Å². The smallest absolute Gasteiger partial charge is 0.237 e. The van der Waals surface area contributed by atoms with Gasteiger partial charge in [0.05, 0.1) is 18.2 Å². The summed E-state index contributed by atoms with van der Waals surface area (Å²) in [4.78, 5) is 11.9. The van der Waals surface area contributed by atoms with Crippen LogP contribution in [0.4, 0.5) is 0 Å². The lowest BCUT2D eigenvalue weighted by Crippen LogP contribution is -2.49. The highest BCUT2D eigenvalue weighted by molar-refractivity contribution is 5.82. The minimum atomic E-state index is -0.432. The van der Waals surface area contributed by atoms with Gasteiger partial charge in [0, 0.05) is 27.9 Å². The number of hydrogen-bond acceptors (Lipinski definition) is 5. The van der Waals surface area contributed by atoms with E-state index in [1.807, 2.05) is 6.92 Å². The summed E-state index contributed by atoms with van der Waals surface area (Å²) in [6.07, 6.45) is 0.375. The zero-order valence-electron chi connectivity index (χ0n) is 10.9. The molecule has 1 amide bonds. The quantitative estimate of drug-likeness (QED) is 0.618. The number of rotatable bonds is 6. The summed E-state index contributed by atoms with van der Waals surface area (Å²) in [5, 5.41) is 5.98. The van der Waals surface area contributed by atoms with Crippen LogP contribution in [0.5, 0.6) is 0 Å². The summed E-state index contributed by atoms with van der Waals surface area (Å²) in [6.45, 7) is 2.55. The molecule has 6 heteroatoms. The van der Waals surface area contributed by atoms with E-state index in [1.54, 1.807) is 21.3 Å². The molecule has 1 fully saturated rings. The maximum atomic E-state index is 11.9. The molecule has 1 heterocycles. The molecule has 0 radical (unpaired) electrons. The predicted molar refractivity (Wildman–Crippen MR) is 62.6 cm³/mol. The molecule has 100 valence electrons. The van der Waals surface area contributed by atoms with Crippen molar-refractivity contribution >= 4 is 5.91 Å². The molecular formula is C11H22N2O4. The first kappa shape index (κ1) is 14.4. The molecule has 1 rings (SSSR count). The van der Waals surface area contributed by atoms with E-state index in [0.29, 0.717) is 13.0 Å². The molecule has 0 spiro atoms. The summed E-state index contributed by atoms with van der Waals surface area (Å²) >= 11 is 0. The Balaban J connectivity index is 2.39. The maximum absolute atomic E-state index is 11.9. The highest BCUT2D eigenvalue weighted by atomic mass is 16.7. The maximum Gasteiger partial charge on any atom is 0.237 e. The van der Waals surface area contributed by atoms with Crippen molar-refractivity contribution in [3.8, 4) is 0 Å². The Morgan fingerprint density at radius 2 is 2.00 bits per heavy atom. The van der Waals surface area contributed by atoms with Gasteiger partial charge in [0.25, 0.3) is 0 Å². The van der Waals surface area contributed by atoms with Gasteiger partial charge in [-0.1, -0.05) is 0 Å². The monoisotopic (exact) mass is 246 g/mol. The first-order chi connectivity index (χ1) is 8.12. The second-order valence-corrected chi connectivity index (χ2v) is 4.19. The van der Waals surface area contributed by atoms with Crippen molar-refractivity contribution in [2.45, 2.75) is 37.8 Å². The van der Waals surface area contributed by atoms with Gasteiger partial charge in [0.2, 0.25) is 5.91 Å². The van der Waals surface area contributed by atoms with Gasteiger partial charge < -0.3 is 24.8 Å². The van der Waals surface area contributed by atoms with Crippen LogP contribution in [0.3, 0.4) is 0 Å². The second-order valence-electron chi connectivity index (χ2n) is 4.19. The van der Waals surface area contributed by atoms with Crippen LogP contribution in [0.2, 0.25) is 0 Å². The number of ether oxygens (including phenoxy) is 3. The fraction of sp³-hybridized carbons (Fsp3) is 0.909. The van der Waals surface area contributed by atoms with E-state index in [-0.39, 0.29) is 24.1 Å². The molecule has 17 heavy (non-hydrogen) atoms. The Morgan fingerprint density at radius 3 is 2.47 bits per heavy atom. The first-order valence-electron chi connectivity index (χ1n) is 5.74. The average Bonchev–Trinajstić information content (AvgIpc) is 2.79. The number of carbonyl (C=O) groups excluding carboxylic acids is 1. The van der Waals surface area contributed by atoms with E-state index >= 15 is 0 Å². The van der Waals surface area contributed by atoms with Crippen LogP contribution < -0.4 is 10.6 Å². The third-order valence-corrected chi connectivity index (χ3v) is 2.98. The van der Waals surface area contributed by atoms with Crippen LogP contribution >= 0.6 is 0 Å². The Labute approximate surface area is 102 Å². The minimum absolute atomic E-state index is 0.0452. The summed E-state index contributed by atoms with van der Waals surface area (Å²) < 4.78 is 15.4. The molecule has 0 aromatic heterocycles. The molecule has 3 atom stereocenters. The van der Waals surface area contributed by atoms with Crippen molar-refractivity contribution in [3.05, 3.63) is 0 Å². The lowest BCUT2D eigenvalue weighted by atomic mass is 10.2. The summed E-state index contributed by atoms with van der Waals surface area (Å²) in [5.74, 6) is -0.0452. The number of carbonyl (C=O) groups is 1. The van der Waals surface area contributed by atoms with Gasteiger partial charge in [-0.25, -0.2) is 0 Å². The zero-order chi connectivity index (χ0) is 12.8. The second kappa shape index (κ2) is 6.90. The average molecular weight is 246 g/mol. The van der Waals surface area contributed by atoms with Crippen molar-refractivity contribution in [3.63, 3.8) is 0 Å². The lowest BCUT2D eigenvalue weighted by molar-refractivity contribution is -0.137. The predicted octanol–water partition coefficient (Wildman–Crippen LogP) is -0.513. The normalized spacial score (nSPS) is 26.2. The van der Waals surface area contributed by atoms with Crippen LogP contribution in [0, 0.1) is 0 Å². The molecule has 0 aromatic carbocycles. The molecule has 1 aliphatic rings. The van der Waals surface area contributed by atoms with Crippen molar-refractivity contribution in [2.75, 3.05) is 27.9 Å². The number of amides is 1. The third kappa shape index (κ3) is 3.92. The highest BCUT2D eigenvalue weighted by Gasteiger charge is 2.30. The molecule has 0 bridgehead atoms. The van der Waals surface area contributed by atoms with Gasteiger partial charge in [0.15, 0.2) is 6.29 Å². The summed E-state index contributed by atoms with van der Waals surface area (Å²) in [7, 11) is 4.75. The molecule has 2 N–H and O–H groups in total. The molecule has 6 nitrogen and oxygen atoms in total. The Morgan fingerprint density at radius 1 is 1.35 bits per heavy atom. The molecule has 0 saturated carbocycles. The highest BCUT2D eigenvalue weighted by Crippen LogP contribution is 2.10. The molecule has 1 saturated heterocycles. The molecule has 0 aromatic rings. The largest absolute Gasteiger partial charge is 0.380 e. The van der Waals surface area contributed by atoms with E-state index in [1.165, 1.54) is 0 Å². The Kier molecular flexibility index (Phi) is 5.84. The molecule has 1 aliphatic heterocycles. The Bertz CT molecular complexity index is 246. The van der Waals surface area contributed by atoms with Crippen LogP contribution in [-0.2, 0) is 19.0 Å². The summed E-state index contributed by atoms with van der Waals surface area (Å²) in [6, 6.07) is -0.391.